The van der Waals surface area contributed by atoms with Gasteiger partial charge in [-0.25, -0.2) is 0 Å². The summed E-state index contributed by atoms with van der Waals surface area (Å²) >= 11 is 1.46. The van der Waals surface area contributed by atoms with Crippen LogP contribution in [0, 0.1) is 6.92 Å². The van der Waals surface area contributed by atoms with Crippen molar-refractivity contribution in [2.45, 2.75) is 32.6 Å². The van der Waals surface area contributed by atoms with Crippen molar-refractivity contribution >= 4 is 23.1 Å². The molecule has 0 saturated heterocycles. The van der Waals surface area contributed by atoms with Crippen LogP contribution in [0.3, 0.4) is 0 Å². The Bertz CT molecular complexity index is 616. The van der Waals surface area contributed by atoms with Gasteiger partial charge in [0.05, 0.1) is 17.9 Å². The Morgan fingerprint density at radius 1 is 1.05 bits per heavy atom. The lowest BCUT2D eigenvalue weighted by Gasteiger charge is -2.04. The average Bonchev–Trinajstić information content (AvgIpc) is 2.97. The zero-order chi connectivity index (χ0) is 15.8. The lowest BCUT2D eigenvalue weighted by atomic mass is 10.1. The number of ether oxygens (including phenoxy) is 1. The van der Waals surface area contributed by atoms with Crippen LogP contribution in [0.15, 0.2) is 42.5 Å². The summed E-state index contributed by atoms with van der Waals surface area (Å²) in [5.74, 6) is -0.283. The number of hydrogen-bond acceptors (Lipinski definition) is 4. The van der Waals surface area contributed by atoms with Crippen LogP contribution >= 0.6 is 11.3 Å². The summed E-state index contributed by atoms with van der Waals surface area (Å²) in [5.41, 5.74) is 1.24. The van der Waals surface area contributed by atoms with Gasteiger partial charge in [0.1, 0.15) is 0 Å². The van der Waals surface area contributed by atoms with E-state index in [1.165, 1.54) is 16.9 Å². The highest BCUT2D eigenvalue weighted by Crippen LogP contribution is 2.17. The Labute approximate surface area is 134 Å². The van der Waals surface area contributed by atoms with Gasteiger partial charge in [-0.15, -0.1) is 11.3 Å². The summed E-state index contributed by atoms with van der Waals surface area (Å²) in [4.78, 5) is 25.3. The number of Topliss-reactive ketones (excluding diaryl/α,β-unsaturated/α-hetero) is 1. The third-order valence-corrected chi connectivity index (χ3v) is 4.33. The summed E-state index contributed by atoms with van der Waals surface area (Å²) in [7, 11) is 0. The van der Waals surface area contributed by atoms with Crippen molar-refractivity contribution in [2.75, 3.05) is 6.61 Å². The topological polar surface area (TPSA) is 43.4 Å². The van der Waals surface area contributed by atoms with Gasteiger partial charge >= 0.3 is 5.97 Å². The molecule has 0 aliphatic heterocycles. The fourth-order valence-electron chi connectivity index (χ4n) is 2.10. The molecule has 0 amide bonds. The highest BCUT2D eigenvalue weighted by molar-refractivity contribution is 7.14. The predicted molar refractivity (Wildman–Crippen MR) is 88.3 cm³/mol. The third-order valence-electron chi connectivity index (χ3n) is 3.29. The Balaban J connectivity index is 1.61. The minimum atomic E-state index is -0.297. The summed E-state index contributed by atoms with van der Waals surface area (Å²) in [6.07, 6.45) is 2.06. The monoisotopic (exact) mass is 316 g/mol. The number of esters is 1. The van der Waals surface area contributed by atoms with Crippen molar-refractivity contribution in [3.05, 3.63) is 57.8 Å². The standard InChI is InChI=1S/C18H20O3S/c1-14-9-11-17(22-14)16(19)10-12-18(20)21-13-5-8-15-6-3-2-4-7-15/h2-4,6-7,9,11H,5,8,10,12-13H2,1H3. The lowest BCUT2D eigenvalue weighted by Crippen LogP contribution is -2.09. The second-order valence-corrected chi connectivity index (χ2v) is 6.43. The minimum absolute atomic E-state index is 0.0133. The fourth-order valence-corrected chi connectivity index (χ4v) is 2.94. The van der Waals surface area contributed by atoms with Gasteiger partial charge in [0, 0.05) is 11.3 Å². The Morgan fingerprint density at radius 2 is 1.82 bits per heavy atom. The minimum Gasteiger partial charge on any atom is -0.466 e. The van der Waals surface area contributed by atoms with Gasteiger partial charge in [-0.1, -0.05) is 30.3 Å². The van der Waals surface area contributed by atoms with E-state index in [1.807, 2.05) is 37.3 Å². The molecule has 0 radical (unpaired) electrons. The molecule has 0 unspecified atom stereocenters. The van der Waals surface area contributed by atoms with E-state index in [0.717, 1.165) is 22.6 Å². The Morgan fingerprint density at radius 3 is 2.50 bits per heavy atom. The van der Waals surface area contributed by atoms with Gasteiger partial charge in [0.15, 0.2) is 5.78 Å². The first-order valence-corrected chi connectivity index (χ1v) is 8.26. The van der Waals surface area contributed by atoms with Crippen LogP contribution in [0.2, 0.25) is 0 Å². The molecule has 0 bridgehead atoms. The van der Waals surface area contributed by atoms with Gasteiger partial charge in [0.2, 0.25) is 0 Å². The number of ketones is 1. The predicted octanol–water partition coefficient (Wildman–Crippen LogP) is 4.20. The highest BCUT2D eigenvalue weighted by atomic mass is 32.1. The van der Waals surface area contributed by atoms with Crippen molar-refractivity contribution in [1.29, 1.82) is 0 Å². The summed E-state index contributed by atoms with van der Waals surface area (Å²) in [6.45, 7) is 2.36. The van der Waals surface area contributed by atoms with E-state index in [1.54, 1.807) is 0 Å². The summed E-state index contributed by atoms with van der Waals surface area (Å²) < 4.78 is 5.17. The average molecular weight is 316 g/mol. The van der Waals surface area contributed by atoms with E-state index in [0.29, 0.717) is 6.61 Å². The van der Waals surface area contributed by atoms with Crippen LogP contribution in [0.4, 0.5) is 0 Å². The normalized spacial score (nSPS) is 10.4. The molecular weight excluding hydrogens is 296 g/mol. The molecule has 0 saturated carbocycles. The molecule has 1 aromatic carbocycles. The molecule has 3 nitrogen and oxygen atoms in total. The van der Waals surface area contributed by atoms with Crippen LogP contribution in [0.1, 0.15) is 39.4 Å². The smallest absolute Gasteiger partial charge is 0.306 e. The van der Waals surface area contributed by atoms with E-state index in [-0.39, 0.29) is 24.6 Å². The molecule has 1 aromatic heterocycles. The summed E-state index contributed by atoms with van der Waals surface area (Å²) in [6, 6.07) is 13.8. The molecule has 4 heteroatoms. The van der Waals surface area contributed by atoms with Gasteiger partial charge in [-0.05, 0) is 37.5 Å². The Hall–Kier alpha value is -1.94. The molecule has 0 atom stereocenters. The molecule has 0 N–H and O–H groups in total. The highest BCUT2D eigenvalue weighted by Gasteiger charge is 2.11. The maximum Gasteiger partial charge on any atom is 0.306 e. The largest absolute Gasteiger partial charge is 0.466 e. The first kappa shape index (κ1) is 16.4. The zero-order valence-electron chi connectivity index (χ0n) is 12.7. The number of hydrogen-bond donors (Lipinski definition) is 0. The molecule has 22 heavy (non-hydrogen) atoms. The molecule has 1 heterocycles. The van der Waals surface area contributed by atoms with Crippen molar-refractivity contribution in [3.8, 4) is 0 Å². The number of carbonyl (C=O) groups is 2. The SMILES string of the molecule is Cc1ccc(C(=O)CCC(=O)OCCCc2ccccc2)s1. The van der Waals surface area contributed by atoms with Gasteiger partial charge < -0.3 is 4.74 Å². The number of aryl methyl sites for hydroxylation is 2. The Kier molecular flexibility index (Phi) is 6.34. The van der Waals surface area contributed by atoms with Crippen LogP contribution in [0.5, 0.6) is 0 Å². The van der Waals surface area contributed by atoms with Crippen LogP contribution in [-0.4, -0.2) is 18.4 Å². The number of carbonyl (C=O) groups excluding carboxylic acids is 2. The quantitative estimate of drug-likeness (QED) is 0.416. The van der Waals surface area contributed by atoms with Crippen LogP contribution in [-0.2, 0) is 16.0 Å². The fraction of sp³-hybridized carbons (Fsp3) is 0.333. The molecular formula is C18H20O3S. The van der Waals surface area contributed by atoms with E-state index < -0.39 is 0 Å². The maximum absolute atomic E-state index is 11.9. The molecule has 116 valence electrons. The molecule has 0 fully saturated rings. The summed E-state index contributed by atoms with van der Waals surface area (Å²) in [5, 5.41) is 0. The van der Waals surface area contributed by atoms with E-state index in [2.05, 4.69) is 12.1 Å². The molecule has 0 aliphatic rings. The van der Waals surface area contributed by atoms with E-state index >= 15 is 0 Å². The number of thiophene rings is 1. The lowest BCUT2D eigenvalue weighted by molar-refractivity contribution is -0.143. The van der Waals surface area contributed by atoms with Crippen molar-refractivity contribution in [2.24, 2.45) is 0 Å². The van der Waals surface area contributed by atoms with Crippen molar-refractivity contribution in [3.63, 3.8) is 0 Å². The number of rotatable bonds is 8. The van der Waals surface area contributed by atoms with Gasteiger partial charge in [-0.2, -0.15) is 0 Å². The second-order valence-electron chi connectivity index (χ2n) is 5.14. The molecule has 2 aromatic rings. The van der Waals surface area contributed by atoms with Gasteiger partial charge in [0.25, 0.3) is 0 Å². The third kappa shape index (κ3) is 5.45. The molecule has 0 spiro atoms. The maximum atomic E-state index is 11.9. The molecule has 0 aliphatic carbocycles. The first-order chi connectivity index (χ1) is 10.6. The van der Waals surface area contributed by atoms with Crippen LogP contribution in [0.25, 0.3) is 0 Å². The van der Waals surface area contributed by atoms with E-state index in [4.69, 9.17) is 4.74 Å². The molecule has 2 rings (SSSR count). The zero-order valence-corrected chi connectivity index (χ0v) is 13.5. The van der Waals surface area contributed by atoms with Crippen molar-refractivity contribution in [1.82, 2.24) is 0 Å². The number of benzene rings is 1. The van der Waals surface area contributed by atoms with Crippen molar-refractivity contribution < 1.29 is 14.3 Å². The second kappa shape index (κ2) is 8.49. The first-order valence-electron chi connectivity index (χ1n) is 7.44. The van der Waals surface area contributed by atoms with Crippen LogP contribution < -0.4 is 0 Å². The van der Waals surface area contributed by atoms with E-state index in [9.17, 15) is 9.59 Å². The van der Waals surface area contributed by atoms with Gasteiger partial charge in [-0.3, -0.25) is 9.59 Å².